The molecule has 0 spiro atoms. The molecule has 0 radical (unpaired) electrons. The number of hydrogen-bond acceptors (Lipinski definition) is 4. The van der Waals surface area contributed by atoms with E-state index in [1.807, 2.05) is 19.1 Å². The highest BCUT2D eigenvalue weighted by Gasteiger charge is 2.31. The van der Waals surface area contributed by atoms with Crippen LogP contribution in [0.3, 0.4) is 0 Å². The lowest BCUT2D eigenvalue weighted by atomic mass is 9.84. The molecule has 1 aliphatic heterocycles. The smallest absolute Gasteiger partial charge is 0.120 e. The van der Waals surface area contributed by atoms with Gasteiger partial charge in [-0.2, -0.15) is 0 Å². The lowest BCUT2D eigenvalue weighted by Gasteiger charge is -2.35. The predicted molar refractivity (Wildman–Crippen MR) is 84.0 cm³/mol. The fourth-order valence-electron chi connectivity index (χ4n) is 3.03. The molecule has 21 heavy (non-hydrogen) atoms. The quantitative estimate of drug-likeness (QED) is 0.647. The van der Waals surface area contributed by atoms with Crippen LogP contribution in [0.2, 0.25) is 0 Å². The van der Waals surface area contributed by atoms with E-state index in [1.165, 1.54) is 6.21 Å². The highest BCUT2D eigenvalue weighted by molar-refractivity contribution is 5.85. The molecule has 1 fully saturated rings. The summed E-state index contributed by atoms with van der Waals surface area (Å²) in [5.74, 6) is -0.106. The summed E-state index contributed by atoms with van der Waals surface area (Å²) in [5, 5.41) is 7.33. The molecule has 4 nitrogen and oxygen atoms in total. The van der Waals surface area contributed by atoms with Gasteiger partial charge in [0.25, 0.3) is 0 Å². The predicted octanol–water partition coefficient (Wildman–Crippen LogP) is 2.35. The normalized spacial score (nSPS) is 23.2. The van der Waals surface area contributed by atoms with E-state index in [2.05, 4.69) is 4.90 Å². The van der Waals surface area contributed by atoms with Crippen molar-refractivity contribution in [3.63, 3.8) is 0 Å². The molecule has 5 heteroatoms. The molecule has 2 atom stereocenters. The number of halogens is 1. The third-order valence-electron chi connectivity index (χ3n) is 4.26. The Morgan fingerprint density at radius 1 is 1.52 bits per heavy atom. The number of nitrogen functional groups attached to an aromatic ring is 1. The fourth-order valence-corrected chi connectivity index (χ4v) is 3.03. The van der Waals surface area contributed by atoms with E-state index in [4.69, 9.17) is 15.9 Å². The Morgan fingerprint density at radius 3 is 2.90 bits per heavy atom. The Morgan fingerprint density at radius 2 is 2.29 bits per heavy atom. The van der Waals surface area contributed by atoms with Crippen LogP contribution < -0.4 is 5.73 Å². The summed E-state index contributed by atoms with van der Waals surface area (Å²) in [7, 11) is 1.66. The number of likely N-dealkylation sites (tertiary alicyclic amines) is 1. The minimum Gasteiger partial charge on any atom is -0.398 e. The summed E-state index contributed by atoms with van der Waals surface area (Å²) in [4.78, 5) is 2.11. The molecule has 0 aromatic heterocycles. The first-order chi connectivity index (χ1) is 10.1. The molecule has 2 rings (SSSR count). The van der Waals surface area contributed by atoms with E-state index in [0.29, 0.717) is 24.4 Å². The van der Waals surface area contributed by atoms with Crippen LogP contribution in [-0.4, -0.2) is 50.6 Å². The topological polar surface area (TPSA) is 62.3 Å². The van der Waals surface area contributed by atoms with Gasteiger partial charge in [0.2, 0.25) is 0 Å². The van der Waals surface area contributed by atoms with Crippen LogP contribution in [0.1, 0.15) is 29.0 Å². The van der Waals surface area contributed by atoms with Crippen molar-refractivity contribution in [3.8, 4) is 0 Å². The lowest BCUT2D eigenvalue weighted by molar-refractivity contribution is 0.0862. The number of nitrogens with zero attached hydrogens (tertiary/aromatic N) is 1. The molecule has 1 aliphatic rings. The van der Waals surface area contributed by atoms with Crippen molar-refractivity contribution in [2.75, 3.05) is 39.1 Å². The van der Waals surface area contributed by atoms with Crippen molar-refractivity contribution in [1.82, 2.24) is 4.90 Å². The third-order valence-corrected chi connectivity index (χ3v) is 4.26. The number of ether oxygens (including phenoxy) is 1. The Labute approximate surface area is 125 Å². The first-order valence-corrected chi connectivity index (χ1v) is 7.32. The van der Waals surface area contributed by atoms with Gasteiger partial charge < -0.3 is 15.9 Å². The molecule has 2 unspecified atom stereocenters. The molecule has 116 valence electrons. The molecule has 0 saturated carbocycles. The number of methoxy groups -OCH3 is 1. The van der Waals surface area contributed by atoms with Gasteiger partial charge in [0.1, 0.15) is 6.17 Å². The van der Waals surface area contributed by atoms with Crippen molar-refractivity contribution in [1.29, 1.82) is 5.41 Å². The Hall–Kier alpha value is -1.46. The van der Waals surface area contributed by atoms with Crippen molar-refractivity contribution in [2.24, 2.45) is 0 Å². The van der Waals surface area contributed by atoms with Gasteiger partial charge in [0.15, 0.2) is 0 Å². The van der Waals surface area contributed by atoms with Gasteiger partial charge in [-0.25, -0.2) is 4.39 Å². The number of anilines is 1. The van der Waals surface area contributed by atoms with Crippen LogP contribution in [0.15, 0.2) is 12.1 Å². The van der Waals surface area contributed by atoms with Crippen LogP contribution in [0, 0.1) is 12.3 Å². The van der Waals surface area contributed by atoms with Gasteiger partial charge in [-0.1, -0.05) is 0 Å². The molecule has 0 bridgehead atoms. The van der Waals surface area contributed by atoms with Gasteiger partial charge in [-0.3, -0.25) is 4.90 Å². The maximum Gasteiger partial charge on any atom is 0.120 e. The standard InChI is InChI=1S/C16H24FN3O/c1-11-7-12(9-18)16(19)8-14(11)13-3-4-20(5-6-21-2)10-15(13)17/h7-9,13,15,18H,3-6,10,19H2,1-2H3. The molecule has 1 aromatic rings. The minimum absolute atomic E-state index is 0.106. The Bertz CT molecular complexity index is 507. The molecule has 3 N–H and O–H groups in total. The monoisotopic (exact) mass is 293 g/mol. The third kappa shape index (κ3) is 3.60. The number of rotatable bonds is 5. The van der Waals surface area contributed by atoms with Gasteiger partial charge in [-0.15, -0.1) is 0 Å². The molecule has 0 aliphatic carbocycles. The molecule has 0 amide bonds. The number of piperidine rings is 1. The second-order valence-corrected chi connectivity index (χ2v) is 5.69. The minimum atomic E-state index is -0.889. The number of hydrogen-bond donors (Lipinski definition) is 2. The largest absolute Gasteiger partial charge is 0.398 e. The maximum atomic E-state index is 14.5. The number of aryl methyl sites for hydroxylation is 1. The average molecular weight is 293 g/mol. The highest BCUT2D eigenvalue weighted by Crippen LogP contribution is 2.34. The van der Waals surface area contributed by atoms with Crippen molar-refractivity contribution in [3.05, 3.63) is 28.8 Å². The van der Waals surface area contributed by atoms with Crippen LogP contribution in [0.5, 0.6) is 0 Å². The van der Waals surface area contributed by atoms with Crippen LogP contribution in [-0.2, 0) is 4.74 Å². The molecule has 1 heterocycles. The highest BCUT2D eigenvalue weighted by atomic mass is 19.1. The summed E-state index contributed by atoms with van der Waals surface area (Å²) in [6.45, 7) is 4.69. The van der Waals surface area contributed by atoms with Gasteiger partial charge >= 0.3 is 0 Å². The molecular formula is C16H24FN3O. The zero-order chi connectivity index (χ0) is 15.4. The summed E-state index contributed by atoms with van der Waals surface area (Å²) < 4.78 is 19.6. The van der Waals surface area contributed by atoms with Crippen LogP contribution in [0.4, 0.5) is 10.1 Å². The van der Waals surface area contributed by atoms with Crippen molar-refractivity contribution < 1.29 is 9.13 Å². The maximum absolute atomic E-state index is 14.5. The van der Waals surface area contributed by atoms with E-state index in [1.54, 1.807) is 7.11 Å². The van der Waals surface area contributed by atoms with E-state index >= 15 is 0 Å². The van der Waals surface area contributed by atoms with E-state index in [9.17, 15) is 4.39 Å². The zero-order valence-electron chi connectivity index (χ0n) is 12.7. The Balaban J connectivity index is 2.13. The van der Waals surface area contributed by atoms with Crippen molar-refractivity contribution in [2.45, 2.75) is 25.4 Å². The first kappa shape index (κ1) is 15.9. The number of nitrogens with one attached hydrogen (secondary N) is 1. The van der Waals surface area contributed by atoms with Crippen molar-refractivity contribution >= 4 is 11.9 Å². The number of benzene rings is 1. The summed E-state index contributed by atoms with van der Waals surface area (Å²) in [5.41, 5.74) is 9.20. The van der Waals surface area contributed by atoms with E-state index in [-0.39, 0.29) is 5.92 Å². The van der Waals surface area contributed by atoms with Gasteiger partial charge in [-0.05, 0) is 43.1 Å². The lowest BCUT2D eigenvalue weighted by Crippen LogP contribution is -2.42. The second kappa shape index (κ2) is 7.00. The summed E-state index contributed by atoms with van der Waals surface area (Å²) in [6, 6.07) is 3.72. The van der Waals surface area contributed by atoms with Gasteiger partial charge in [0.05, 0.1) is 6.61 Å². The molecular weight excluding hydrogens is 269 g/mol. The molecule has 1 saturated heterocycles. The zero-order valence-corrected chi connectivity index (χ0v) is 12.7. The first-order valence-electron chi connectivity index (χ1n) is 7.32. The number of nitrogens with two attached hydrogens (primary N) is 1. The fraction of sp³-hybridized carbons (Fsp3) is 0.562. The SMILES string of the molecule is COCCN1CCC(c2cc(N)c(C=N)cc2C)C(F)C1. The van der Waals surface area contributed by atoms with E-state index < -0.39 is 6.17 Å². The van der Waals surface area contributed by atoms with Gasteiger partial charge in [0, 0.05) is 43.6 Å². The van der Waals surface area contributed by atoms with Crippen LogP contribution in [0.25, 0.3) is 0 Å². The summed E-state index contributed by atoms with van der Waals surface area (Å²) >= 11 is 0. The van der Waals surface area contributed by atoms with E-state index in [0.717, 1.165) is 30.6 Å². The molecule has 1 aromatic carbocycles. The van der Waals surface area contributed by atoms with Crippen LogP contribution >= 0.6 is 0 Å². The summed E-state index contributed by atoms with van der Waals surface area (Å²) in [6.07, 6.45) is 1.14. The Kier molecular flexibility index (Phi) is 5.31. The average Bonchev–Trinajstić information content (AvgIpc) is 2.47. The number of alkyl halides is 1. The second-order valence-electron chi connectivity index (χ2n) is 5.69.